The van der Waals surface area contributed by atoms with Crippen LogP contribution in [0.1, 0.15) is 17.2 Å². The third-order valence-electron chi connectivity index (χ3n) is 5.50. The first-order valence-electron chi connectivity index (χ1n) is 10.0. The van der Waals surface area contributed by atoms with Gasteiger partial charge in [-0.25, -0.2) is 8.42 Å². The first-order valence-corrected chi connectivity index (χ1v) is 11.5. The smallest absolute Gasteiger partial charge is 0.241 e. The molecule has 1 aliphatic heterocycles. The van der Waals surface area contributed by atoms with Crippen molar-refractivity contribution in [3.05, 3.63) is 77.9 Å². The molecule has 0 saturated carbocycles. The van der Waals surface area contributed by atoms with Gasteiger partial charge in [0.25, 0.3) is 0 Å². The van der Waals surface area contributed by atoms with Gasteiger partial charge in [0.05, 0.1) is 30.7 Å². The first kappa shape index (κ1) is 20.0. The Morgan fingerprint density at radius 1 is 0.966 bits per heavy atom. The lowest BCUT2D eigenvalue weighted by atomic mass is 10.1. The minimum Gasteiger partial charge on any atom is -0.370 e. The van der Waals surface area contributed by atoms with E-state index in [1.54, 1.807) is 12.1 Å². The highest BCUT2D eigenvalue weighted by Crippen LogP contribution is 2.21. The molecular weight excluding hydrogens is 384 g/mol. The molecule has 2 N–H and O–H groups in total. The normalized spacial score (nSPS) is 16.7. The number of ether oxygens (including phenoxy) is 1. The third-order valence-corrected chi connectivity index (χ3v) is 6.97. The summed E-state index contributed by atoms with van der Waals surface area (Å²) in [6.45, 7) is 5.94. The predicted octanol–water partition coefficient (Wildman–Crippen LogP) is 2.08. The van der Waals surface area contributed by atoms with Crippen LogP contribution in [0.15, 0.2) is 71.6 Å². The highest BCUT2D eigenvalue weighted by Gasteiger charge is 2.26. The van der Waals surface area contributed by atoms with Crippen molar-refractivity contribution >= 4 is 20.8 Å². The van der Waals surface area contributed by atoms with Gasteiger partial charge in [0.2, 0.25) is 10.0 Å². The number of quaternary nitrogens is 1. The molecule has 6 heteroatoms. The van der Waals surface area contributed by atoms with Crippen molar-refractivity contribution in [2.24, 2.45) is 0 Å². The second-order valence-electron chi connectivity index (χ2n) is 7.66. The molecule has 0 bridgehead atoms. The fraction of sp³-hybridized carbons (Fsp3) is 0.304. The molecule has 1 atom stereocenters. The van der Waals surface area contributed by atoms with Gasteiger partial charge in [-0.1, -0.05) is 60.2 Å². The van der Waals surface area contributed by atoms with Gasteiger partial charge in [0, 0.05) is 0 Å². The van der Waals surface area contributed by atoms with Crippen LogP contribution in [0, 0.1) is 6.92 Å². The number of sulfonamides is 1. The van der Waals surface area contributed by atoms with Gasteiger partial charge in [-0.05, 0) is 35.4 Å². The fourth-order valence-corrected chi connectivity index (χ4v) is 5.03. The lowest BCUT2D eigenvalue weighted by Gasteiger charge is -2.28. The van der Waals surface area contributed by atoms with Crippen LogP contribution in [0.5, 0.6) is 0 Å². The topological polar surface area (TPSA) is 59.8 Å². The summed E-state index contributed by atoms with van der Waals surface area (Å²) in [7, 11) is -3.65. The van der Waals surface area contributed by atoms with Crippen molar-refractivity contribution in [1.82, 2.24) is 4.72 Å². The van der Waals surface area contributed by atoms with Crippen molar-refractivity contribution in [2.75, 3.05) is 32.8 Å². The van der Waals surface area contributed by atoms with Crippen molar-refractivity contribution in [3.63, 3.8) is 0 Å². The van der Waals surface area contributed by atoms with E-state index >= 15 is 0 Å². The molecule has 1 heterocycles. The third kappa shape index (κ3) is 4.85. The molecule has 1 aliphatic rings. The second kappa shape index (κ2) is 8.63. The summed E-state index contributed by atoms with van der Waals surface area (Å²) in [5.74, 6) is 0. The molecule has 0 amide bonds. The average Bonchev–Trinajstić information content (AvgIpc) is 2.74. The second-order valence-corrected chi connectivity index (χ2v) is 9.37. The maximum atomic E-state index is 13.2. The Morgan fingerprint density at radius 3 is 2.38 bits per heavy atom. The van der Waals surface area contributed by atoms with E-state index in [-0.39, 0.29) is 6.04 Å². The number of hydrogen-bond acceptors (Lipinski definition) is 3. The zero-order chi connectivity index (χ0) is 20.3. The Balaban J connectivity index is 1.62. The standard InChI is InChI=1S/C23H26N2O3S/c1-18-6-8-20(9-7-18)23(17-25-12-14-28-15-13-25)24-29(26,27)22-11-10-19-4-2-3-5-21(19)16-22/h2-11,16,23-24H,12-15,17H2,1H3/p+1/t23-/m1/s1. The molecule has 0 radical (unpaired) electrons. The van der Waals surface area contributed by atoms with Gasteiger partial charge >= 0.3 is 0 Å². The number of nitrogens with one attached hydrogen (secondary N) is 2. The Labute approximate surface area is 172 Å². The number of fused-ring (bicyclic) bond motifs is 1. The molecule has 5 nitrogen and oxygen atoms in total. The zero-order valence-corrected chi connectivity index (χ0v) is 17.4. The van der Waals surface area contributed by atoms with E-state index in [4.69, 9.17) is 4.74 Å². The van der Waals surface area contributed by atoms with Crippen LogP contribution in [0.2, 0.25) is 0 Å². The van der Waals surface area contributed by atoms with Gasteiger partial charge < -0.3 is 9.64 Å². The van der Waals surface area contributed by atoms with Crippen molar-refractivity contribution < 1.29 is 18.1 Å². The van der Waals surface area contributed by atoms with Crippen LogP contribution in [0.25, 0.3) is 10.8 Å². The largest absolute Gasteiger partial charge is 0.370 e. The van der Waals surface area contributed by atoms with Gasteiger partial charge in [-0.3, -0.25) is 0 Å². The van der Waals surface area contributed by atoms with Crippen molar-refractivity contribution in [1.29, 1.82) is 0 Å². The summed E-state index contributed by atoms with van der Waals surface area (Å²) in [5, 5.41) is 1.94. The first-order chi connectivity index (χ1) is 14.0. The number of hydrogen-bond donors (Lipinski definition) is 2. The average molecular weight is 412 g/mol. The molecule has 4 rings (SSSR count). The lowest BCUT2D eigenvalue weighted by molar-refractivity contribution is -0.909. The molecule has 152 valence electrons. The molecule has 1 fully saturated rings. The van der Waals surface area contributed by atoms with Gasteiger partial charge in [-0.2, -0.15) is 4.72 Å². The highest BCUT2D eigenvalue weighted by molar-refractivity contribution is 7.89. The molecule has 0 aromatic heterocycles. The van der Waals surface area contributed by atoms with E-state index in [1.807, 2.05) is 61.5 Å². The van der Waals surface area contributed by atoms with Crippen LogP contribution >= 0.6 is 0 Å². The van der Waals surface area contributed by atoms with Crippen LogP contribution in [-0.4, -0.2) is 41.3 Å². The summed E-state index contributed by atoms with van der Waals surface area (Å²) in [5.41, 5.74) is 2.14. The quantitative estimate of drug-likeness (QED) is 0.653. The molecule has 29 heavy (non-hydrogen) atoms. The summed E-state index contributed by atoms with van der Waals surface area (Å²) < 4.78 is 34.9. The van der Waals surface area contributed by atoms with E-state index in [0.717, 1.165) is 35.0 Å². The Hall–Kier alpha value is -2.25. The summed E-state index contributed by atoms with van der Waals surface area (Å²) >= 11 is 0. The van der Waals surface area contributed by atoms with E-state index in [2.05, 4.69) is 4.72 Å². The number of benzene rings is 3. The number of aryl methyl sites for hydroxylation is 1. The molecule has 0 unspecified atom stereocenters. The van der Waals surface area contributed by atoms with Gasteiger partial charge in [0.1, 0.15) is 13.1 Å². The zero-order valence-electron chi connectivity index (χ0n) is 16.6. The minimum absolute atomic E-state index is 0.292. The Morgan fingerprint density at radius 2 is 1.66 bits per heavy atom. The Kier molecular flexibility index (Phi) is 5.96. The summed E-state index contributed by atoms with van der Waals surface area (Å²) in [6, 6.07) is 20.9. The van der Waals surface area contributed by atoms with Crippen LogP contribution in [-0.2, 0) is 14.8 Å². The fourth-order valence-electron chi connectivity index (χ4n) is 3.77. The highest BCUT2D eigenvalue weighted by atomic mass is 32.2. The maximum absolute atomic E-state index is 13.2. The number of rotatable bonds is 6. The van der Waals surface area contributed by atoms with Gasteiger partial charge in [0.15, 0.2) is 0 Å². The summed E-state index contributed by atoms with van der Waals surface area (Å²) in [6.07, 6.45) is 0. The van der Waals surface area contributed by atoms with Crippen molar-refractivity contribution in [2.45, 2.75) is 17.9 Å². The molecule has 3 aromatic rings. The molecule has 0 spiro atoms. The van der Waals surface area contributed by atoms with Crippen molar-refractivity contribution in [3.8, 4) is 0 Å². The van der Waals surface area contributed by atoms with E-state index in [1.165, 1.54) is 4.90 Å². The lowest BCUT2D eigenvalue weighted by Crippen LogP contribution is -3.14. The number of morpholine rings is 1. The van der Waals surface area contributed by atoms with E-state index < -0.39 is 10.0 Å². The Bertz CT molecular complexity index is 1070. The van der Waals surface area contributed by atoms with E-state index in [0.29, 0.717) is 24.7 Å². The molecule has 0 aliphatic carbocycles. The van der Waals surface area contributed by atoms with Crippen LogP contribution < -0.4 is 9.62 Å². The summed E-state index contributed by atoms with van der Waals surface area (Å²) in [4.78, 5) is 1.65. The van der Waals surface area contributed by atoms with Gasteiger partial charge in [-0.15, -0.1) is 0 Å². The predicted molar refractivity (Wildman–Crippen MR) is 115 cm³/mol. The molecular formula is C23H27N2O3S+. The van der Waals surface area contributed by atoms with Crippen LogP contribution in [0.3, 0.4) is 0 Å². The molecule has 1 saturated heterocycles. The SMILES string of the molecule is Cc1ccc([C@@H](C[NH+]2CCOCC2)NS(=O)(=O)c2ccc3ccccc3c2)cc1. The van der Waals surface area contributed by atoms with Crippen LogP contribution in [0.4, 0.5) is 0 Å². The maximum Gasteiger partial charge on any atom is 0.241 e. The molecule has 3 aromatic carbocycles. The monoisotopic (exact) mass is 411 g/mol. The van der Waals surface area contributed by atoms with E-state index in [9.17, 15) is 8.42 Å². The minimum atomic E-state index is -3.65.